The van der Waals surface area contributed by atoms with Crippen molar-refractivity contribution in [3.8, 4) is 0 Å². The van der Waals surface area contributed by atoms with Crippen LogP contribution in [-0.4, -0.2) is 22.4 Å². The van der Waals surface area contributed by atoms with Gasteiger partial charge in [-0.25, -0.2) is 4.98 Å². The highest BCUT2D eigenvalue weighted by Gasteiger charge is 2.01. The minimum absolute atomic E-state index is 0.0809. The van der Waals surface area contributed by atoms with Gasteiger partial charge < -0.3 is 16.4 Å². The Labute approximate surface area is 127 Å². The highest BCUT2D eigenvalue weighted by Crippen LogP contribution is 2.13. The van der Waals surface area contributed by atoms with Crippen molar-refractivity contribution in [3.05, 3.63) is 41.0 Å². The Kier molecular flexibility index (Phi) is 4.94. The lowest BCUT2D eigenvalue weighted by Crippen LogP contribution is -2.08. The number of hydrogen-bond acceptors (Lipinski definition) is 5. The molecule has 1 aromatic heterocycles. The number of amides is 1. The molecule has 0 unspecified atom stereocenters. The Bertz CT molecular complexity index is 610. The monoisotopic (exact) mass is 305 g/mol. The Balaban J connectivity index is 1.87. The minimum Gasteiger partial charge on any atom is -0.370 e. The van der Waals surface area contributed by atoms with Crippen LogP contribution in [0.2, 0.25) is 5.15 Å². The van der Waals surface area contributed by atoms with Crippen molar-refractivity contribution in [2.45, 2.75) is 13.3 Å². The van der Waals surface area contributed by atoms with E-state index < -0.39 is 0 Å². The lowest BCUT2D eigenvalue weighted by molar-refractivity contribution is -0.114. The number of nitrogens with two attached hydrogens (primary N) is 1. The van der Waals surface area contributed by atoms with Crippen molar-refractivity contribution >= 4 is 35.0 Å². The van der Waals surface area contributed by atoms with Crippen LogP contribution in [0.3, 0.4) is 0 Å². The molecule has 0 aliphatic carbocycles. The Morgan fingerprint density at radius 1 is 1.29 bits per heavy atom. The van der Waals surface area contributed by atoms with Gasteiger partial charge in [-0.3, -0.25) is 4.79 Å². The van der Waals surface area contributed by atoms with E-state index in [-0.39, 0.29) is 11.9 Å². The number of carbonyl (C=O) groups excluding carboxylic acids is 1. The Morgan fingerprint density at radius 3 is 2.62 bits per heavy atom. The number of hydrogen-bond donors (Lipinski definition) is 3. The predicted molar refractivity (Wildman–Crippen MR) is 84.4 cm³/mol. The van der Waals surface area contributed by atoms with E-state index in [2.05, 4.69) is 20.6 Å². The van der Waals surface area contributed by atoms with Crippen molar-refractivity contribution in [2.24, 2.45) is 0 Å². The summed E-state index contributed by atoms with van der Waals surface area (Å²) in [4.78, 5) is 18.8. The second-order valence-corrected chi connectivity index (χ2v) is 4.88. The van der Waals surface area contributed by atoms with Gasteiger partial charge in [-0.05, 0) is 24.1 Å². The van der Waals surface area contributed by atoms with Gasteiger partial charge in [-0.1, -0.05) is 23.7 Å². The zero-order valence-corrected chi connectivity index (χ0v) is 12.3. The molecule has 110 valence electrons. The van der Waals surface area contributed by atoms with Crippen molar-refractivity contribution in [1.82, 2.24) is 9.97 Å². The summed E-state index contributed by atoms with van der Waals surface area (Å²) in [5, 5.41) is 6.17. The fourth-order valence-electron chi connectivity index (χ4n) is 1.82. The number of nitrogens with zero attached hydrogens (tertiary/aromatic N) is 2. The minimum atomic E-state index is -0.0809. The lowest BCUT2D eigenvalue weighted by atomic mass is 10.1. The summed E-state index contributed by atoms with van der Waals surface area (Å²) in [6.45, 7) is 2.17. The van der Waals surface area contributed by atoms with E-state index in [0.717, 1.165) is 17.7 Å². The molecule has 1 aromatic carbocycles. The molecule has 0 saturated heterocycles. The first-order chi connectivity index (χ1) is 10.0. The molecule has 2 aromatic rings. The van der Waals surface area contributed by atoms with Crippen LogP contribution in [0.15, 0.2) is 30.3 Å². The average molecular weight is 306 g/mol. The zero-order valence-electron chi connectivity index (χ0n) is 11.6. The lowest BCUT2D eigenvalue weighted by Gasteiger charge is -2.07. The third-order valence-electron chi connectivity index (χ3n) is 2.71. The molecular formula is C14H16ClN5O. The van der Waals surface area contributed by atoms with Gasteiger partial charge in [0, 0.05) is 25.2 Å². The molecular weight excluding hydrogens is 290 g/mol. The number of anilines is 3. The molecule has 0 aliphatic rings. The second kappa shape index (κ2) is 6.90. The van der Waals surface area contributed by atoms with Crippen LogP contribution in [0.1, 0.15) is 12.5 Å². The van der Waals surface area contributed by atoms with Crippen molar-refractivity contribution in [1.29, 1.82) is 0 Å². The van der Waals surface area contributed by atoms with E-state index in [1.54, 1.807) is 6.07 Å². The third-order valence-corrected chi connectivity index (χ3v) is 2.90. The molecule has 7 heteroatoms. The van der Waals surface area contributed by atoms with Gasteiger partial charge in [0.15, 0.2) is 0 Å². The summed E-state index contributed by atoms with van der Waals surface area (Å²) < 4.78 is 0. The fourth-order valence-corrected chi connectivity index (χ4v) is 2.01. The quantitative estimate of drug-likeness (QED) is 0.737. The number of aromatic nitrogens is 2. The van der Waals surface area contributed by atoms with Gasteiger partial charge in [0.25, 0.3) is 0 Å². The summed E-state index contributed by atoms with van der Waals surface area (Å²) in [5.74, 6) is 0.662. The zero-order chi connectivity index (χ0) is 15.2. The smallest absolute Gasteiger partial charge is 0.223 e. The van der Waals surface area contributed by atoms with Crippen LogP contribution in [0, 0.1) is 0 Å². The number of nitrogen functional groups attached to an aromatic ring is 1. The van der Waals surface area contributed by atoms with Crippen LogP contribution < -0.4 is 16.4 Å². The molecule has 1 heterocycles. The van der Waals surface area contributed by atoms with Crippen LogP contribution in [0.25, 0.3) is 0 Å². The first kappa shape index (κ1) is 15.1. The van der Waals surface area contributed by atoms with E-state index in [0.29, 0.717) is 17.5 Å². The van der Waals surface area contributed by atoms with Gasteiger partial charge in [-0.15, -0.1) is 0 Å². The number of benzene rings is 1. The molecule has 0 radical (unpaired) electrons. The molecule has 4 N–H and O–H groups in total. The number of carbonyl (C=O) groups is 1. The standard InChI is InChI=1S/C14H16ClN5O/c1-9(21)18-11-4-2-10(3-5-11)6-7-17-13-8-12(15)19-14(16)20-13/h2-5,8H,6-7H2,1H3,(H,18,21)(H3,16,17,19,20). The second-order valence-electron chi connectivity index (χ2n) is 4.49. The number of nitrogens with one attached hydrogen (secondary N) is 2. The average Bonchev–Trinajstić information content (AvgIpc) is 2.39. The molecule has 0 fully saturated rings. The molecule has 21 heavy (non-hydrogen) atoms. The van der Waals surface area contributed by atoms with Crippen molar-refractivity contribution in [3.63, 3.8) is 0 Å². The van der Waals surface area contributed by atoms with E-state index >= 15 is 0 Å². The maximum atomic E-state index is 10.9. The Hall–Kier alpha value is -2.34. The molecule has 0 spiro atoms. The molecule has 0 aliphatic heterocycles. The van der Waals surface area contributed by atoms with Crippen LogP contribution in [0.5, 0.6) is 0 Å². The van der Waals surface area contributed by atoms with Gasteiger partial charge in [-0.2, -0.15) is 4.98 Å². The SMILES string of the molecule is CC(=O)Nc1ccc(CCNc2cc(Cl)nc(N)n2)cc1. The molecule has 2 rings (SSSR count). The number of halogens is 1. The maximum Gasteiger partial charge on any atom is 0.223 e. The van der Waals surface area contributed by atoms with Crippen molar-refractivity contribution in [2.75, 3.05) is 22.9 Å². The Morgan fingerprint density at radius 2 is 2.00 bits per heavy atom. The fraction of sp³-hybridized carbons (Fsp3) is 0.214. The van der Waals surface area contributed by atoms with E-state index in [1.165, 1.54) is 6.92 Å². The van der Waals surface area contributed by atoms with Crippen LogP contribution in [0.4, 0.5) is 17.5 Å². The first-order valence-corrected chi connectivity index (χ1v) is 6.81. The van der Waals surface area contributed by atoms with E-state index in [1.807, 2.05) is 24.3 Å². The van der Waals surface area contributed by atoms with Gasteiger partial charge in [0.05, 0.1) is 0 Å². The summed E-state index contributed by atoms with van der Waals surface area (Å²) in [6, 6.07) is 9.30. The number of rotatable bonds is 5. The molecule has 0 bridgehead atoms. The normalized spacial score (nSPS) is 10.2. The molecule has 0 atom stereocenters. The van der Waals surface area contributed by atoms with Gasteiger partial charge in [0.1, 0.15) is 11.0 Å². The van der Waals surface area contributed by atoms with E-state index in [9.17, 15) is 4.79 Å². The topological polar surface area (TPSA) is 92.9 Å². The van der Waals surface area contributed by atoms with Crippen LogP contribution >= 0.6 is 11.6 Å². The molecule has 0 saturated carbocycles. The molecule has 6 nitrogen and oxygen atoms in total. The highest BCUT2D eigenvalue weighted by molar-refractivity contribution is 6.29. The predicted octanol–water partition coefficient (Wildman–Crippen LogP) is 2.33. The summed E-state index contributed by atoms with van der Waals surface area (Å²) in [7, 11) is 0. The van der Waals surface area contributed by atoms with Crippen molar-refractivity contribution < 1.29 is 4.79 Å². The van der Waals surface area contributed by atoms with E-state index in [4.69, 9.17) is 17.3 Å². The maximum absolute atomic E-state index is 10.9. The summed E-state index contributed by atoms with van der Waals surface area (Å²) in [6.07, 6.45) is 0.807. The third kappa shape index (κ3) is 4.92. The van der Waals surface area contributed by atoms with Gasteiger partial charge in [0.2, 0.25) is 11.9 Å². The molecule has 1 amide bonds. The summed E-state index contributed by atoms with van der Waals surface area (Å²) in [5.41, 5.74) is 7.45. The largest absolute Gasteiger partial charge is 0.370 e. The first-order valence-electron chi connectivity index (χ1n) is 6.43. The van der Waals surface area contributed by atoms with Crippen LogP contribution in [-0.2, 0) is 11.2 Å². The van der Waals surface area contributed by atoms with Gasteiger partial charge >= 0.3 is 0 Å². The highest BCUT2D eigenvalue weighted by atomic mass is 35.5. The summed E-state index contributed by atoms with van der Waals surface area (Å²) >= 11 is 5.80.